The van der Waals surface area contributed by atoms with Crippen LogP contribution in [0.3, 0.4) is 0 Å². The Labute approximate surface area is 87.8 Å². The average molecular weight is 221 g/mol. The largest absolute Gasteiger partial charge is 0.345 e. The first-order chi connectivity index (χ1) is 6.28. The van der Waals surface area contributed by atoms with Gasteiger partial charge in [-0.25, -0.2) is 0 Å². The topological polar surface area (TPSA) is 56.8 Å². The molecule has 13 heavy (non-hydrogen) atoms. The summed E-state index contributed by atoms with van der Waals surface area (Å²) in [6.45, 7) is 0. The minimum Gasteiger partial charge on any atom is -0.345 e. The first kappa shape index (κ1) is 12.5. The third kappa shape index (κ3) is 5.71. The van der Waals surface area contributed by atoms with E-state index in [-0.39, 0.29) is 0 Å². The van der Waals surface area contributed by atoms with Crippen LogP contribution in [0.4, 0.5) is 0 Å². The maximum Gasteiger partial charge on any atom is 0.146 e. The molecular weight excluding hydrogens is 211 g/mol. The van der Waals surface area contributed by atoms with E-state index in [1.165, 1.54) is 0 Å². The molecule has 0 radical (unpaired) electrons. The van der Waals surface area contributed by atoms with Gasteiger partial charge >= 0.3 is 0 Å². The number of ether oxygens (including phenoxy) is 1. The highest BCUT2D eigenvalue weighted by Crippen LogP contribution is 2.07. The first-order valence-electron chi connectivity index (χ1n) is 3.85. The highest BCUT2D eigenvalue weighted by Gasteiger charge is 2.14. The van der Waals surface area contributed by atoms with Crippen molar-refractivity contribution in [3.63, 3.8) is 0 Å². The minimum atomic E-state index is -0.606. The minimum absolute atomic E-state index is 0.344. The molecule has 5 heteroatoms. The van der Waals surface area contributed by atoms with E-state index >= 15 is 0 Å². The lowest BCUT2D eigenvalue weighted by Crippen LogP contribution is -2.20. The highest BCUT2D eigenvalue weighted by molar-refractivity contribution is 6.18. The fraction of sp³-hybridized carbons (Fsp3) is 0.750. The van der Waals surface area contributed by atoms with Gasteiger partial charge in [-0.15, -0.1) is 23.2 Å². The fourth-order valence-electron chi connectivity index (χ4n) is 0.723. The van der Waals surface area contributed by atoms with E-state index in [0.717, 1.165) is 0 Å². The van der Waals surface area contributed by atoms with E-state index in [4.69, 9.17) is 38.5 Å². The van der Waals surface area contributed by atoms with Crippen molar-refractivity contribution in [3.05, 3.63) is 0 Å². The van der Waals surface area contributed by atoms with Crippen molar-refractivity contribution in [2.24, 2.45) is 0 Å². The molecule has 0 aliphatic heterocycles. The Morgan fingerprint density at radius 3 is 1.62 bits per heavy atom. The van der Waals surface area contributed by atoms with Gasteiger partial charge in [-0.2, -0.15) is 10.5 Å². The third-order valence-corrected chi connectivity index (χ3v) is 1.80. The maximum atomic E-state index is 8.59. The van der Waals surface area contributed by atoms with E-state index in [9.17, 15) is 0 Å². The second-order valence-electron chi connectivity index (χ2n) is 2.33. The van der Waals surface area contributed by atoms with E-state index in [2.05, 4.69) is 0 Å². The molecule has 0 bridgehead atoms. The summed E-state index contributed by atoms with van der Waals surface area (Å²) in [6.07, 6.45) is -0.354. The molecule has 72 valence electrons. The second-order valence-corrected chi connectivity index (χ2v) is 3.08. The van der Waals surface area contributed by atoms with Gasteiger partial charge in [-0.1, -0.05) is 0 Å². The van der Waals surface area contributed by atoms with Crippen molar-refractivity contribution in [1.82, 2.24) is 0 Å². The lowest BCUT2D eigenvalue weighted by molar-refractivity contribution is 0.0471. The zero-order valence-corrected chi connectivity index (χ0v) is 8.55. The number of hydrogen-bond donors (Lipinski definition) is 0. The zero-order chi connectivity index (χ0) is 10.1. The number of hydrogen-bond acceptors (Lipinski definition) is 3. The summed E-state index contributed by atoms with van der Waals surface area (Å²) in [6, 6.07) is 3.85. The summed E-state index contributed by atoms with van der Waals surface area (Å²) >= 11 is 10.9. The molecule has 0 fully saturated rings. The predicted octanol–water partition coefficient (Wildman–Crippen LogP) is 2.05. The standard InChI is InChI=1S/C8H10Cl2N2O/c9-3-1-7(5-11)13-8(6-12)2-4-10/h7-8H,1-4H2. The Morgan fingerprint density at radius 1 is 1.00 bits per heavy atom. The molecule has 0 amide bonds. The summed E-state index contributed by atoms with van der Waals surface area (Å²) in [5, 5.41) is 17.2. The molecule has 2 atom stereocenters. The Morgan fingerprint density at radius 2 is 1.38 bits per heavy atom. The maximum absolute atomic E-state index is 8.59. The van der Waals surface area contributed by atoms with Gasteiger partial charge in [0.1, 0.15) is 12.2 Å². The Bertz CT molecular complexity index is 187. The predicted molar refractivity (Wildman–Crippen MR) is 50.6 cm³/mol. The van der Waals surface area contributed by atoms with Crippen molar-refractivity contribution in [3.8, 4) is 12.1 Å². The van der Waals surface area contributed by atoms with Gasteiger partial charge in [-0.3, -0.25) is 0 Å². The molecule has 0 aromatic heterocycles. The van der Waals surface area contributed by atoms with Gasteiger partial charge in [-0.05, 0) is 0 Å². The Kier molecular flexibility index (Phi) is 7.83. The van der Waals surface area contributed by atoms with Crippen LogP contribution in [0.5, 0.6) is 0 Å². The van der Waals surface area contributed by atoms with Gasteiger partial charge < -0.3 is 4.74 Å². The van der Waals surface area contributed by atoms with Crippen LogP contribution in [0.2, 0.25) is 0 Å². The van der Waals surface area contributed by atoms with Crippen molar-refractivity contribution in [2.45, 2.75) is 25.0 Å². The van der Waals surface area contributed by atoms with Gasteiger partial charge in [0.25, 0.3) is 0 Å². The highest BCUT2D eigenvalue weighted by atomic mass is 35.5. The summed E-state index contributed by atoms with van der Waals surface area (Å²) < 4.78 is 5.14. The molecule has 3 nitrogen and oxygen atoms in total. The Balaban J connectivity index is 3.91. The van der Waals surface area contributed by atoms with Crippen LogP contribution >= 0.6 is 23.2 Å². The molecule has 0 spiro atoms. The molecule has 0 aliphatic rings. The first-order valence-corrected chi connectivity index (χ1v) is 4.92. The number of alkyl halides is 2. The van der Waals surface area contributed by atoms with E-state index in [1.807, 2.05) is 12.1 Å². The van der Waals surface area contributed by atoms with Crippen molar-refractivity contribution < 1.29 is 4.74 Å². The van der Waals surface area contributed by atoms with Gasteiger partial charge in [0, 0.05) is 24.6 Å². The molecule has 0 saturated heterocycles. The Hall–Kier alpha value is -0.480. The van der Waals surface area contributed by atoms with Crippen molar-refractivity contribution in [1.29, 1.82) is 10.5 Å². The number of nitriles is 2. The molecule has 0 aliphatic carbocycles. The van der Waals surface area contributed by atoms with Crippen LogP contribution in [-0.2, 0) is 4.74 Å². The van der Waals surface area contributed by atoms with Crippen LogP contribution in [0.1, 0.15) is 12.8 Å². The van der Waals surface area contributed by atoms with Crippen LogP contribution in [-0.4, -0.2) is 24.0 Å². The SMILES string of the molecule is N#CC(CCCl)OC(C#N)CCCl. The molecule has 0 aromatic rings. The summed E-state index contributed by atoms with van der Waals surface area (Å²) in [4.78, 5) is 0. The van der Waals surface area contributed by atoms with Gasteiger partial charge in [0.15, 0.2) is 0 Å². The fourth-order valence-corrected chi connectivity index (χ4v) is 1.12. The van der Waals surface area contributed by atoms with Crippen LogP contribution in [0, 0.1) is 22.7 Å². The lowest BCUT2D eigenvalue weighted by atomic mass is 10.2. The third-order valence-electron chi connectivity index (χ3n) is 1.36. The zero-order valence-electron chi connectivity index (χ0n) is 7.04. The number of rotatable bonds is 6. The van der Waals surface area contributed by atoms with E-state index in [0.29, 0.717) is 24.6 Å². The number of nitrogens with zero attached hydrogens (tertiary/aromatic N) is 2. The quantitative estimate of drug-likeness (QED) is 0.645. The summed E-state index contributed by atoms with van der Waals surface area (Å²) in [5.74, 6) is 0.689. The van der Waals surface area contributed by atoms with E-state index < -0.39 is 12.2 Å². The van der Waals surface area contributed by atoms with Gasteiger partial charge in [0.2, 0.25) is 0 Å². The molecule has 2 unspecified atom stereocenters. The molecule has 0 aromatic carbocycles. The summed E-state index contributed by atoms with van der Waals surface area (Å²) in [7, 11) is 0. The van der Waals surface area contributed by atoms with Crippen molar-refractivity contribution in [2.75, 3.05) is 11.8 Å². The van der Waals surface area contributed by atoms with Crippen molar-refractivity contribution >= 4 is 23.2 Å². The lowest BCUT2D eigenvalue weighted by Gasteiger charge is -2.12. The monoisotopic (exact) mass is 220 g/mol. The molecule has 0 saturated carbocycles. The molecule has 0 rings (SSSR count). The van der Waals surface area contributed by atoms with E-state index in [1.54, 1.807) is 0 Å². The second kappa shape index (κ2) is 8.13. The van der Waals surface area contributed by atoms with Crippen LogP contribution in [0.25, 0.3) is 0 Å². The average Bonchev–Trinajstić information content (AvgIpc) is 2.16. The smallest absolute Gasteiger partial charge is 0.146 e. The number of halogens is 2. The van der Waals surface area contributed by atoms with Crippen LogP contribution < -0.4 is 0 Å². The molecule has 0 N–H and O–H groups in total. The molecular formula is C8H10Cl2N2O. The summed E-state index contributed by atoms with van der Waals surface area (Å²) in [5.41, 5.74) is 0. The van der Waals surface area contributed by atoms with Gasteiger partial charge in [0.05, 0.1) is 12.1 Å². The normalized spacial score (nSPS) is 14.2. The van der Waals surface area contributed by atoms with Crippen LogP contribution in [0.15, 0.2) is 0 Å². The molecule has 0 heterocycles.